The lowest BCUT2D eigenvalue weighted by Gasteiger charge is -2.18. The van der Waals surface area contributed by atoms with Crippen molar-refractivity contribution in [3.63, 3.8) is 0 Å². The molecule has 0 unspecified atom stereocenters. The Morgan fingerprint density at radius 3 is 2.83 bits per heavy atom. The lowest BCUT2D eigenvalue weighted by Crippen LogP contribution is -2.31. The third-order valence-corrected chi connectivity index (χ3v) is 4.24. The van der Waals surface area contributed by atoms with Crippen molar-refractivity contribution in [1.82, 2.24) is 9.97 Å². The number of nitrogens with one attached hydrogen (secondary N) is 1. The van der Waals surface area contributed by atoms with Gasteiger partial charge in [-0.25, -0.2) is 4.98 Å². The van der Waals surface area contributed by atoms with Gasteiger partial charge < -0.3 is 15.6 Å². The topological polar surface area (TPSA) is 75.0 Å². The second kappa shape index (κ2) is 4.24. The molecule has 2 atom stereocenters. The molecule has 0 radical (unpaired) electrons. The van der Waals surface area contributed by atoms with Gasteiger partial charge in [-0.2, -0.15) is 0 Å². The Bertz CT molecular complexity index is 525. The summed E-state index contributed by atoms with van der Waals surface area (Å²) in [5.74, 6) is 2.44. The highest BCUT2D eigenvalue weighted by molar-refractivity contribution is 6.32. The Balaban J connectivity index is 1.89. The van der Waals surface area contributed by atoms with Crippen molar-refractivity contribution < 1.29 is 0 Å². The minimum Gasteiger partial charge on any atom is -0.353 e. The summed E-state index contributed by atoms with van der Waals surface area (Å²) in [7, 11) is 0. The average Bonchev–Trinajstić information content (AvgIpc) is 3.08. The molecule has 2 fully saturated rings. The van der Waals surface area contributed by atoms with E-state index in [0.29, 0.717) is 17.6 Å². The van der Waals surface area contributed by atoms with Crippen molar-refractivity contribution in [2.45, 2.75) is 25.8 Å². The maximum absolute atomic E-state index is 11.6. The van der Waals surface area contributed by atoms with E-state index in [-0.39, 0.29) is 16.6 Å². The van der Waals surface area contributed by atoms with Crippen molar-refractivity contribution in [1.29, 1.82) is 0 Å². The van der Waals surface area contributed by atoms with Crippen LogP contribution in [0.4, 0.5) is 5.82 Å². The third kappa shape index (κ3) is 2.01. The normalized spacial score (nSPS) is 27.8. The van der Waals surface area contributed by atoms with E-state index in [9.17, 15) is 4.79 Å². The van der Waals surface area contributed by atoms with Gasteiger partial charge >= 0.3 is 0 Å². The molecule has 3 rings (SSSR count). The zero-order valence-electron chi connectivity index (χ0n) is 10.3. The first kappa shape index (κ1) is 12.0. The number of anilines is 1. The molecule has 2 heterocycles. The number of nitrogens with zero attached hydrogens (tertiary/aromatic N) is 2. The lowest BCUT2D eigenvalue weighted by atomic mass is 9.99. The summed E-state index contributed by atoms with van der Waals surface area (Å²) in [4.78, 5) is 20.6. The Kier molecular flexibility index (Phi) is 2.83. The molecule has 0 bridgehead atoms. The molecular weight excluding hydrogens is 252 g/mol. The number of hydrogen-bond acceptors (Lipinski definition) is 4. The lowest BCUT2D eigenvalue weighted by molar-refractivity contribution is 0.456. The van der Waals surface area contributed by atoms with Gasteiger partial charge in [-0.05, 0) is 31.6 Å². The summed E-state index contributed by atoms with van der Waals surface area (Å²) < 4.78 is 0. The van der Waals surface area contributed by atoms with Crippen LogP contribution in [0.1, 0.15) is 18.7 Å². The molecule has 1 aliphatic heterocycles. The van der Waals surface area contributed by atoms with Crippen molar-refractivity contribution in [2.75, 3.05) is 18.0 Å². The second-order valence-corrected chi connectivity index (χ2v) is 5.74. The summed E-state index contributed by atoms with van der Waals surface area (Å²) in [6.45, 7) is 3.35. The fourth-order valence-corrected chi connectivity index (χ4v) is 3.03. The van der Waals surface area contributed by atoms with Gasteiger partial charge in [0.1, 0.15) is 10.8 Å². The number of halogens is 1. The minimum absolute atomic E-state index is 0.162. The van der Waals surface area contributed by atoms with Crippen LogP contribution in [0.15, 0.2) is 4.79 Å². The number of hydrogen-bond donors (Lipinski definition) is 2. The Morgan fingerprint density at radius 2 is 2.17 bits per heavy atom. The maximum Gasteiger partial charge on any atom is 0.271 e. The predicted octanol–water partition coefficient (Wildman–Crippen LogP) is 0.905. The monoisotopic (exact) mass is 268 g/mol. The molecule has 98 valence electrons. The standard InChI is InChI=1S/C12H17ClN4O/c1-6-15-11(10(13)12(18)16-6)17-4-8(7-2-3-7)9(14)5-17/h7-9H,2-5,14H2,1H3,(H,15,16,18)/t8-,9+/m0/s1. The first-order valence-corrected chi connectivity index (χ1v) is 6.71. The van der Waals surface area contributed by atoms with Gasteiger partial charge in [0.15, 0.2) is 5.82 Å². The van der Waals surface area contributed by atoms with Gasteiger partial charge in [-0.3, -0.25) is 4.79 Å². The van der Waals surface area contributed by atoms with E-state index in [1.165, 1.54) is 12.8 Å². The number of aromatic amines is 1. The first-order valence-electron chi connectivity index (χ1n) is 6.33. The van der Waals surface area contributed by atoms with E-state index in [4.69, 9.17) is 17.3 Å². The van der Waals surface area contributed by atoms with Crippen molar-refractivity contribution >= 4 is 17.4 Å². The molecule has 1 saturated carbocycles. The molecule has 1 saturated heterocycles. The summed E-state index contributed by atoms with van der Waals surface area (Å²) in [5, 5.41) is 0.171. The molecule has 0 aromatic carbocycles. The highest BCUT2D eigenvalue weighted by Crippen LogP contribution is 2.41. The van der Waals surface area contributed by atoms with Crippen molar-refractivity contribution in [2.24, 2.45) is 17.6 Å². The average molecular weight is 269 g/mol. The zero-order chi connectivity index (χ0) is 12.9. The number of nitrogens with two attached hydrogens (primary N) is 1. The molecule has 3 N–H and O–H groups in total. The van der Waals surface area contributed by atoms with E-state index < -0.39 is 0 Å². The largest absolute Gasteiger partial charge is 0.353 e. The van der Waals surface area contributed by atoms with Crippen LogP contribution in [0.2, 0.25) is 5.02 Å². The van der Waals surface area contributed by atoms with Crippen LogP contribution in [-0.2, 0) is 0 Å². The highest BCUT2D eigenvalue weighted by atomic mass is 35.5. The Hall–Kier alpha value is -1.07. The predicted molar refractivity (Wildman–Crippen MR) is 71.0 cm³/mol. The fraction of sp³-hybridized carbons (Fsp3) is 0.667. The smallest absolute Gasteiger partial charge is 0.271 e. The molecule has 18 heavy (non-hydrogen) atoms. The molecule has 1 aromatic heterocycles. The number of rotatable bonds is 2. The minimum atomic E-state index is -0.275. The SMILES string of the molecule is Cc1nc(N2C[C@@H](N)[C@H](C3CC3)C2)c(Cl)c(=O)[nH]1. The van der Waals surface area contributed by atoms with Crippen molar-refractivity contribution in [3.8, 4) is 0 Å². The molecule has 0 amide bonds. The van der Waals surface area contributed by atoms with E-state index in [1.807, 2.05) is 0 Å². The van der Waals surface area contributed by atoms with Crippen molar-refractivity contribution in [3.05, 3.63) is 21.2 Å². The van der Waals surface area contributed by atoms with Crippen LogP contribution in [0, 0.1) is 18.8 Å². The second-order valence-electron chi connectivity index (χ2n) is 5.36. The van der Waals surface area contributed by atoms with Crippen LogP contribution in [0.5, 0.6) is 0 Å². The number of aromatic nitrogens is 2. The molecule has 2 aliphatic rings. The van der Waals surface area contributed by atoms with Gasteiger partial charge in [0, 0.05) is 19.1 Å². The van der Waals surface area contributed by atoms with Gasteiger partial charge in [0.25, 0.3) is 5.56 Å². The van der Waals surface area contributed by atoms with Gasteiger partial charge in [0.05, 0.1) is 0 Å². The molecule has 5 nitrogen and oxygen atoms in total. The number of aryl methyl sites for hydroxylation is 1. The zero-order valence-corrected chi connectivity index (χ0v) is 11.1. The van der Waals surface area contributed by atoms with Gasteiger partial charge in [-0.15, -0.1) is 0 Å². The molecular formula is C12H17ClN4O. The van der Waals surface area contributed by atoms with Crippen LogP contribution in [0.3, 0.4) is 0 Å². The van der Waals surface area contributed by atoms with Crippen LogP contribution in [0.25, 0.3) is 0 Å². The summed E-state index contributed by atoms with van der Waals surface area (Å²) in [6.07, 6.45) is 2.56. The van der Waals surface area contributed by atoms with E-state index >= 15 is 0 Å². The summed E-state index contributed by atoms with van der Waals surface area (Å²) in [6, 6.07) is 0.162. The molecule has 6 heteroatoms. The first-order chi connectivity index (χ1) is 8.56. The number of H-pyrrole nitrogens is 1. The van der Waals surface area contributed by atoms with E-state index in [2.05, 4.69) is 14.9 Å². The van der Waals surface area contributed by atoms with Crippen LogP contribution < -0.4 is 16.2 Å². The third-order valence-electron chi connectivity index (χ3n) is 3.90. The van der Waals surface area contributed by atoms with Crippen LogP contribution in [-0.4, -0.2) is 29.1 Å². The van der Waals surface area contributed by atoms with Gasteiger partial charge in [-0.1, -0.05) is 11.6 Å². The Morgan fingerprint density at radius 1 is 1.44 bits per heavy atom. The summed E-state index contributed by atoms with van der Waals surface area (Å²) in [5.41, 5.74) is 5.90. The Labute approximate surface area is 110 Å². The van der Waals surface area contributed by atoms with Gasteiger partial charge in [0.2, 0.25) is 0 Å². The highest BCUT2D eigenvalue weighted by Gasteiger charge is 2.41. The van der Waals surface area contributed by atoms with E-state index in [1.54, 1.807) is 6.92 Å². The maximum atomic E-state index is 11.6. The summed E-state index contributed by atoms with van der Waals surface area (Å²) >= 11 is 6.05. The molecule has 1 aliphatic carbocycles. The molecule has 0 spiro atoms. The van der Waals surface area contributed by atoms with Crippen LogP contribution >= 0.6 is 11.6 Å². The molecule has 1 aromatic rings. The fourth-order valence-electron chi connectivity index (χ4n) is 2.82. The quantitative estimate of drug-likeness (QED) is 0.836. The van der Waals surface area contributed by atoms with E-state index in [0.717, 1.165) is 19.0 Å².